The van der Waals surface area contributed by atoms with Crippen LogP contribution >= 0.6 is 0 Å². The zero-order valence-corrected chi connectivity index (χ0v) is 15.4. The van der Waals surface area contributed by atoms with Crippen LogP contribution < -0.4 is 11.1 Å². The van der Waals surface area contributed by atoms with Gasteiger partial charge in [0.15, 0.2) is 11.6 Å². The predicted octanol–water partition coefficient (Wildman–Crippen LogP) is 2.24. The lowest BCUT2D eigenvalue weighted by molar-refractivity contribution is -0.139. The van der Waals surface area contributed by atoms with Crippen molar-refractivity contribution in [3.05, 3.63) is 35.4 Å². The van der Waals surface area contributed by atoms with Crippen LogP contribution in [0.15, 0.2) is 18.2 Å². The Balaban J connectivity index is 0.000000279. The molecule has 1 aliphatic rings. The molecule has 1 aliphatic heterocycles. The van der Waals surface area contributed by atoms with Crippen molar-refractivity contribution < 1.29 is 28.3 Å². The van der Waals surface area contributed by atoms with E-state index in [9.17, 15) is 23.2 Å². The Bertz CT molecular complexity index is 683. The minimum atomic E-state index is -1.05. The van der Waals surface area contributed by atoms with E-state index in [4.69, 9.17) is 10.8 Å². The van der Waals surface area contributed by atoms with E-state index < -0.39 is 29.7 Å². The number of carboxylic acid groups (broad SMARTS) is 1. The van der Waals surface area contributed by atoms with E-state index in [1.54, 1.807) is 4.90 Å². The van der Waals surface area contributed by atoms with E-state index in [1.165, 1.54) is 12.1 Å². The van der Waals surface area contributed by atoms with E-state index in [1.807, 2.05) is 13.8 Å². The number of aliphatic carboxylic acids is 1. The van der Waals surface area contributed by atoms with E-state index in [2.05, 4.69) is 5.32 Å². The molecular weight excluding hydrogens is 360 g/mol. The second-order valence-electron chi connectivity index (χ2n) is 6.66. The van der Waals surface area contributed by atoms with Crippen molar-refractivity contribution in [3.63, 3.8) is 0 Å². The molecule has 27 heavy (non-hydrogen) atoms. The molecular formula is C18H25F2N3O4. The van der Waals surface area contributed by atoms with Crippen LogP contribution in [0.5, 0.6) is 0 Å². The summed E-state index contributed by atoms with van der Waals surface area (Å²) in [4.78, 5) is 33.7. The summed E-state index contributed by atoms with van der Waals surface area (Å²) >= 11 is 0. The predicted molar refractivity (Wildman–Crippen MR) is 94.6 cm³/mol. The van der Waals surface area contributed by atoms with Crippen LogP contribution in [0.2, 0.25) is 0 Å². The molecule has 0 aliphatic carbocycles. The topological polar surface area (TPSA) is 113 Å². The Kier molecular flexibility index (Phi) is 8.64. The Labute approximate surface area is 156 Å². The molecule has 2 rings (SSSR count). The van der Waals surface area contributed by atoms with Gasteiger partial charge < -0.3 is 21.1 Å². The first-order valence-corrected chi connectivity index (χ1v) is 8.61. The van der Waals surface area contributed by atoms with Gasteiger partial charge in [0.2, 0.25) is 5.91 Å². The minimum absolute atomic E-state index is 0.0126. The van der Waals surface area contributed by atoms with Crippen molar-refractivity contribution >= 4 is 17.9 Å². The maximum atomic E-state index is 13.3. The fourth-order valence-corrected chi connectivity index (χ4v) is 2.61. The number of nitrogens with zero attached hydrogens (tertiary/aromatic N) is 1. The van der Waals surface area contributed by atoms with Gasteiger partial charge in [-0.15, -0.1) is 0 Å². The summed E-state index contributed by atoms with van der Waals surface area (Å²) in [7, 11) is 0. The third-order valence-electron chi connectivity index (χ3n) is 3.89. The number of primary amides is 1. The van der Waals surface area contributed by atoms with Gasteiger partial charge in [-0.25, -0.2) is 18.4 Å². The quantitative estimate of drug-likeness (QED) is 0.697. The highest BCUT2D eigenvalue weighted by Crippen LogP contribution is 2.17. The molecule has 1 saturated heterocycles. The van der Waals surface area contributed by atoms with Crippen LogP contribution in [-0.4, -0.2) is 40.5 Å². The molecule has 150 valence electrons. The molecule has 0 aromatic heterocycles. The van der Waals surface area contributed by atoms with Crippen LogP contribution in [0.3, 0.4) is 0 Å². The number of nitrogens with two attached hydrogens (primary N) is 1. The highest BCUT2D eigenvalue weighted by Gasteiger charge is 2.22. The molecule has 0 saturated carbocycles. The van der Waals surface area contributed by atoms with Crippen LogP contribution in [0.1, 0.15) is 38.7 Å². The molecule has 3 amide bonds. The van der Waals surface area contributed by atoms with Gasteiger partial charge in [-0.2, -0.15) is 0 Å². The second kappa shape index (κ2) is 10.4. The maximum absolute atomic E-state index is 13.3. The van der Waals surface area contributed by atoms with Crippen molar-refractivity contribution in [3.8, 4) is 0 Å². The number of amides is 3. The zero-order chi connectivity index (χ0) is 20.6. The maximum Gasteiger partial charge on any atom is 0.326 e. The number of hydrogen-bond donors (Lipinski definition) is 3. The monoisotopic (exact) mass is 385 g/mol. The van der Waals surface area contributed by atoms with Crippen LogP contribution in [0.25, 0.3) is 0 Å². The summed E-state index contributed by atoms with van der Waals surface area (Å²) in [6.07, 6.45) is 1.70. The summed E-state index contributed by atoms with van der Waals surface area (Å²) in [5, 5.41) is 10.8. The average Bonchev–Trinajstić information content (AvgIpc) is 2.96. The largest absolute Gasteiger partial charge is 0.480 e. The van der Waals surface area contributed by atoms with Crippen LogP contribution in [-0.2, 0) is 16.1 Å². The fraction of sp³-hybridized carbons (Fsp3) is 0.500. The Morgan fingerprint density at radius 2 is 2.00 bits per heavy atom. The van der Waals surface area contributed by atoms with Crippen molar-refractivity contribution in [2.75, 3.05) is 6.54 Å². The lowest BCUT2D eigenvalue weighted by Crippen LogP contribution is -2.44. The lowest BCUT2D eigenvalue weighted by atomic mass is 10.0. The molecule has 9 heteroatoms. The first kappa shape index (κ1) is 22.3. The molecule has 7 nitrogen and oxygen atoms in total. The number of rotatable bonds is 6. The van der Waals surface area contributed by atoms with Gasteiger partial charge in [-0.3, -0.25) is 4.79 Å². The first-order chi connectivity index (χ1) is 12.6. The number of urea groups is 1. The van der Waals surface area contributed by atoms with Gasteiger partial charge in [0.25, 0.3) is 0 Å². The molecule has 0 spiro atoms. The first-order valence-electron chi connectivity index (χ1n) is 8.61. The Morgan fingerprint density at radius 1 is 1.33 bits per heavy atom. The van der Waals surface area contributed by atoms with Gasteiger partial charge in [0.05, 0.1) is 0 Å². The number of likely N-dealkylation sites (tertiary alicyclic amines) is 1. The number of benzene rings is 1. The molecule has 1 aromatic carbocycles. The summed E-state index contributed by atoms with van der Waals surface area (Å²) in [6.45, 7) is 4.55. The number of hydrogen-bond acceptors (Lipinski definition) is 3. The Morgan fingerprint density at radius 3 is 2.48 bits per heavy atom. The van der Waals surface area contributed by atoms with Crippen LogP contribution in [0.4, 0.5) is 13.6 Å². The smallest absolute Gasteiger partial charge is 0.326 e. The van der Waals surface area contributed by atoms with Gasteiger partial charge in [0.1, 0.15) is 6.04 Å². The SMILES string of the molecule is CC(C)CC(NC(N)=O)C(=O)O.O=C1CCCN1Cc1cccc(F)c1F. The Hall–Kier alpha value is -2.71. The lowest BCUT2D eigenvalue weighted by Gasteiger charge is -2.15. The third-order valence-corrected chi connectivity index (χ3v) is 3.89. The van der Waals surface area contributed by atoms with E-state index in [0.29, 0.717) is 19.4 Å². The summed E-state index contributed by atoms with van der Waals surface area (Å²) in [5.74, 6) is -2.55. The molecule has 0 radical (unpaired) electrons. The number of carbonyl (C=O) groups is 3. The minimum Gasteiger partial charge on any atom is -0.480 e. The van der Waals surface area contributed by atoms with Crippen molar-refractivity contribution in [1.29, 1.82) is 0 Å². The molecule has 1 atom stereocenters. The van der Waals surface area contributed by atoms with Gasteiger partial charge in [-0.1, -0.05) is 26.0 Å². The highest BCUT2D eigenvalue weighted by atomic mass is 19.2. The van der Waals surface area contributed by atoms with E-state index in [0.717, 1.165) is 12.5 Å². The van der Waals surface area contributed by atoms with Gasteiger partial charge in [-0.05, 0) is 24.8 Å². The van der Waals surface area contributed by atoms with Gasteiger partial charge in [0, 0.05) is 25.1 Å². The average molecular weight is 385 g/mol. The molecule has 1 unspecified atom stereocenters. The normalized spacial score (nSPS) is 14.6. The molecule has 0 bridgehead atoms. The third kappa shape index (κ3) is 7.59. The van der Waals surface area contributed by atoms with Crippen molar-refractivity contribution in [2.24, 2.45) is 11.7 Å². The number of carboxylic acids is 1. The standard InChI is InChI=1S/C11H11F2NO.C7H14N2O3/c12-9-4-1-3-8(11(9)13)7-14-6-2-5-10(14)15;1-4(2)3-5(6(10)11)9-7(8)12/h1,3-4H,2,5-7H2;4-5H,3H2,1-2H3,(H,10,11)(H3,8,9,12). The number of nitrogens with one attached hydrogen (secondary N) is 1. The molecule has 1 fully saturated rings. The molecule has 1 heterocycles. The van der Waals surface area contributed by atoms with E-state index >= 15 is 0 Å². The summed E-state index contributed by atoms with van der Waals surface area (Å²) < 4.78 is 26.1. The zero-order valence-electron chi connectivity index (χ0n) is 15.4. The molecule has 4 N–H and O–H groups in total. The fourth-order valence-electron chi connectivity index (χ4n) is 2.61. The summed E-state index contributed by atoms with van der Waals surface area (Å²) in [5.41, 5.74) is 5.03. The summed E-state index contributed by atoms with van der Waals surface area (Å²) in [6, 6.07) is 2.36. The number of carbonyl (C=O) groups excluding carboxylic acids is 2. The second-order valence-corrected chi connectivity index (χ2v) is 6.66. The highest BCUT2D eigenvalue weighted by molar-refractivity contribution is 5.81. The number of halogens is 2. The van der Waals surface area contributed by atoms with Crippen molar-refractivity contribution in [2.45, 2.75) is 45.7 Å². The van der Waals surface area contributed by atoms with Crippen LogP contribution in [0, 0.1) is 17.6 Å². The van der Waals surface area contributed by atoms with Gasteiger partial charge >= 0.3 is 12.0 Å². The van der Waals surface area contributed by atoms with E-state index in [-0.39, 0.29) is 23.9 Å². The molecule has 1 aromatic rings. The van der Waals surface area contributed by atoms with Crippen molar-refractivity contribution in [1.82, 2.24) is 10.2 Å².